The summed E-state index contributed by atoms with van der Waals surface area (Å²) in [5, 5.41) is 3.51. The van der Waals surface area contributed by atoms with E-state index < -0.39 is 0 Å². The van der Waals surface area contributed by atoms with E-state index >= 15 is 0 Å². The lowest BCUT2D eigenvalue weighted by molar-refractivity contribution is 0.173. The Balaban J connectivity index is 2.15. The van der Waals surface area contributed by atoms with E-state index in [0.29, 0.717) is 6.04 Å². The molecule has 74 valence electrons. The molecule has 0 spiro atoms. The van der Waals surface area contributed by atoms with Crippen LogP contribution >= 0.6 is 0 Å². The molecule has 1 aliphatic rings. The molecule has 1 saturated carbocycles. The fourth-order valence-corrected chi connectivity index (χ4v) is 1.80. The SMILES string of the molecule is CC#CCC1CCC1CNC(C)C. The Kier molecular flexibility index (Phi) is 4.32. The molecular formula is C12H21N. The maximum Gasteiger partial charge on any atom is 0.0120 e. The molecule has 0 aromatic heterocycles. The first-order valence-corrected chi connectivity index (χ1v) is 5.37. The van der Waals surface area contributed by atoms with E-state index in [1.54, 1.807) is 0 Å². The predicted molar refractivity (Wildman–Crippen MR) is 57.4 cm³/mol. The van der Waals surface area contributed by atoms with E-state index in [1.165, 1.54) is 19.4 Å². The maximum atomic E-state index is 3.51. The maximum absolute atomic E-state index is 3.51. The van der Waals surface area contributed by atoms with Crippen molar-refractivity contribution >= 4 is 0 Å². The molecule has 0 aliphatic heterocycles. The second-order valence-electron chi connectivity index (χ2n) is 4.29. The average molecular weight is 179 g/mol. The monoisotopic (exact) mass is 179 g/mol. The summed E-state index contributed by atoms with van der Waals surface area (Å²) in [7, 11) is 0. The van der Waals surface area contributed by atoms with Gasteiger partial charge in [-0.25, -0.2) is 0 Å². The third-order valence-corrected chi connectivity index (χ3v) is 2.90. The van der Waals surface area contributed by atoms with Crippen LogP contribution < -0.4 is 5.32 Å². The van der Waals surface area contributed by atoms with Crippen LogP contribution in [0.5, 0.6) is 0 Å². The fourth-order valence-electron chi connectivity index (χ4n) is 1.80. The molecule has 0 bridgehead atoms. The van der Waals surface area contributed by atoms with Crippen LogP contribution in [0.2, 0.25) is 0 Å². The highest BCUT2D eigenvalue weighted by atomic mass is 14.9. The summed E-state index contributed by atoms with van der Waals surface area (Å²) in [5.41, 5.74) is 0. The van der Waals surface area contributed by atoms with Crippen molar-refractivity contribution in [1.82, 2.24) is 5.32 Å². The number of hydrogen-bond acceptors (Lipinski definition) is 1. The van der Waals surface area contributed by atoms with Gasteiger partial charge in [-0.3, -0.25) is 0 Å². The van der Waals surface area contributed by atoms with E-state index in [4.69, 9.17) is 0 Å². The zero-order valence-corrected chi connectivity index (χ0v) is 9.06. The standard InChI is InChI=1S/C12H21N/c1-4-5-6-11-7-8-12(11)9-13-10(2)3/h10-13H,6-9H2,1-3H3. The molecule has 0 amide bonds. The normalized spacial score (nSPS) is 26.5. The summed E-state index contributed by atoms with van der Waals surface area (Å²) in [4.78, 5) is 0. The summed E-state index contributed by atoms with van der Waals surface area (Å²) >= 11 is 0. The Bertz CT molecular complexity index is 197. The van der Waals surface area contributed by atoms with E-state index in [2.05, 4.69) is 31.0 Å². The van der Waals surface area contributed by atoms with Gasteiger partial charge in [-0.15, -0.1) is 11.8 Å². The van der Waals surface area contributed by atoms with Gasteiger partial charge in [0.05, 0.1) is 0 Å². The lowest BCUT2D eigenvalue weighted by Gasteiger charge is -2.36. The molecule has 0 heterocycles. The molecule has 2 unspecified atom stereocenters. The van der Waals surface area contributed by atoms with Crippen molar-refractivity contribution in [3.05, 3.63) is 0 Å². The van der Waals surface area contributed by atoms with Crippen molar-refractivity contribution in [2.75, 3.05) is 6.54 Å². The van der Waals surface area contributed by atoms with Crippen LogP contribution in [-0.4, -0.2) is 12.6 Å². The molecule has 1 fully saturated rings. The second kappa shape index (κ2) is 5.29. The van der Waals surface area contributed by atoms with Gasteiger partial charge in [0, 0.05) is 12.5 Å². The lowest BCUT2D eigenvalue weighted by Crippen LogP contribution is -2.37. The van der Waals surface area contributed by atoms with Crippen LogP contribution in [0.1, 0.15) is 40.0 Å². The number of hydrogen-bond donors (Lipinski definition) is 1. The van der Waals surface area contributed by atoms with Crippen molar-refractivity contribution in [2.24, 2.45) is 11.8 Å². The molecule has 1 N–H and O–H groups in total. The van der Waals surface area contributed by atoms with Gasteiger partial charge in [-0.05, 0) is 38.1 Å². The molecule has 13 heavy (non-hydrogen) atoms. The van der Waals surface area contributed by atoms with Gasteiger partial charge >= 0.3 is 0 Å². The summed E-state index contributed by atoms with van der Waals surface area (Å²) in [5.74, 6) is 7.94. The molecular weight excluding hydrogens is 158 g/mol. The van der Waals surface area contributed by atoms with Crippen LogP contribution in [0, 0.1) is 23.7 Å². The molecule has 0 radical (unpaired) electrons. The Labute approximate surface area is 82.3 Å². The highest BCUT2D eigenvalue weighted by Crippen LogP contribution is 2.35. The molecule has 1 heteroatoms. The highest BCUT2D eigenvalue weighted by molar-refractivity contribution is 4.99. The van der Waals surface area contributed by atoms with E-state index in [1.807, 2.05) is 6.92 Å². The molecule has 0 saturated heterocycles. The van der Waals surface area contributed by atoms with Crippen LogP contribution in [-0.2, 0) is 0 Å². The van der Waals surface area contributed by atoms with Crippen molar-refractivity contribution in [1.29, 1.82) is 0 Å². The number of rotatable bonds is 4. The largest absolute Gasteiger partial charge is 0.314 e. The Hall–Kier alpha value is -0.480. The van der Waals surface area contributed by atoms with Crippen molar-refractivity contribution in [3.8, 4) is 11.8 Å². The zero-order chi connectivity index (χ0) is 9.68. The Morgan fingerprint density at radius 2 is 2.00 bits per heavy atom. The topological polar surface area (TPSA) is 12.0 Å². The summed E-state index contributed by atoms with van der Waals surface area (Å²) in [6, 6.07) is 0.624. The number of nitrogens with one attached hydrogen (secondary N) is 1. The molecule has 1 nitrogen and oxygen atoms in total. The third kappa shape index (κ3) is 3.40. The lowest BCUT2D eigenvalue weighted by atomic mass is 9.72. The second-order valence-corrected chi connectivity index (χ2v) is 4.29. The van der Waals surface area contributed by atoms with E-state index in [0.717, 1.165) is 18.3 Å². The first-order chi connectivity index (χ1) is 6.24. The fraction of sp³-hybridized carbons (Fsp3) is 0.833. The van der Waals surface area contributed by atoms with Crippen molar-refractivity contribution in [3.63, 3.8) is 0 Å². The summed E-state index contributed by atoms with van der Waals surface area (Å²) in [6.07, 6.45) is 3.90. The average Bonchev–Trinajstić information content (AvgIpc) is 2.03. The van der Waals surface area contributed by atoms with Gasteiger partial charge in [0.15, 0.2) is 0 Å². The smallest absolute Gasteiger partial charge is 0.0120 e. The minimum absolute atomic E-state index is 0.624. The first kappa shape index (κ1) is 10.6. The summed E-state index contributed by atoms with van der Waals surface area (Å²) < 4.78 is 0. The summed E-state index contributed by atoms with van der Waals surface area (Å²) in [6.45, 7) is 7.53. The highest BCUT2D eigenvalue weighted by Gasteiger charge is 2.29. The van der Waals surface area contributed by atoms with Gasteiger partial charge in [0.25, 0.3) is 0 Å². The zero-order valence-electron chi connectivity index (χ0n) is 9.06. The van der Waals surface area contributed by atoms with Crippen LogP contribution in [0.3, 0.4) is 0 Å². The van der Waals surface area contributed by atoms with Gasteiger partial charge in [0.1, 0.15) is 0 Å². The quantitative estimate of drug-likeness (QED) is 0.654. The van der Waals surface area contributed by atoms with Gasteiger partial charge in [-0.1, -0.05) is 13.8 Å². The minimum atomic E-state index is 0.624. The van der Waals surface area contributed by atoms with Gasteiger partial charge in [-0.2, -0.15) is 0 Å². The van der Waals surface area contributed by atoms with Gasteiger partial charge in [0.2, 0.25) is 0 Å². The van der Waals surface area contributed by atoms with Crippen molar-refractivity contribution in [2.45, 2.75) is 46.1 Å². The van der Waals surface area contributed by atoms with Crippen LogP contribution in [0.4, 0.5) is 0 Å². The Morgan fingerprint density at radius 1 is 1.31 bits per heavy atom. The van der Waals surface area contributed by atoms with Crippen LogP contribution in [0.15, 0.2) is 0 Å². The molecule has 1 rings (SSSR count). The van der Waals surface area contributed by atoms with E-state index in [9.17, 15) is 0 Å². The molecule has 2 atom stereocenters. The van der Waals surface area contributed by atoms with E-state index in [-0.39, 0.29) is 0 Å². The van der Waals surface area contributed by atoms with Gasteiger partial charge < -0.3 is 5.32 Å². The predicted octanol–water partition coefficient (Wildman–Crippen LogP) is 2.42. The minimum Gasteiger partial charge on any atom is -0.314 e. The molecule has 1 aliphatic carbocycles. The van der Waals surface area contributed by atoms with Crippen LogP contribution in [0.25, 0.3) is 0 Å². The third-order valence-electron chi connectivity index (χ3n) is 2.90. The molecule has 0 aromatic carbocycles. The Morgan fingerprint density at radius 3 is 2.46 bits per heavy atom. The molecule has 0 aromatic rings. The van der Waals surface area contributed by atoms with Crippen molar-refractivity contribution < 1.29 is 0 Å². The first-order valence-electron chi connectivity index (χ1n) is 5.37.